The molecular weight excluding hydrogens is 330 g/mol. The Kier molecular flexibility index (Phi) is 7.63. The van der Waals surface area contributed by atoms with Gasteiger partial charge in [0.1, 0.15) is 24.2 Å². The molecular formula is C21H27NO4. The smallest absolute Gasteiger partial charge is 0.159 e. The van der Waals surface area contributed by atoms with E-state index in [2.05, 4.69) is 0 Å². The summed E-state index contributed by atoms with van der Waals surface area (Å²) in [7, 11) is 1.95. The van der Waals surface area contributed by atoms with Crippen LogP contribution in [0.2, 0.25) is 0 Å². The van der Waals surface area contributed by atoms with Gasteiger partial charge in [0.2, 0.25) is 0 Å². The Morgan fingerprint density at radius 1 is 1.12 bits per heavy atom. The fourth-order valence-electron chi connectivity index (χ4n) is 2.64. The Balaban J connectivity index is 1.78. The summed E-state index contributed by atoms with van der Waals surface area (Å²) in [6.45, 7) is 5.52. The van der Waals surface area contributed by atoms with Gasteiger partial charge in [-0.2, -0.15) is 0 Å². The molecule has 1 atom stereocenters. The third-order valence-corrected chi connectivity index (χ3v) is 3.89. The number of aliphatic hydroxyl groups is 1. The predicted octanol–water partition coefficient (Wildman–Crippen LogP) is 3.16. The van der Waals surface area contributed by atoms with Crippen molar-refractivity contribution in [3.8, 4) is 11.5 Å². The molecule has 2 aromatic rings. The summed E-state index contributed by atoms with van der Waals surface area (Å²) in [5.41, 5.74) is 1.75. The van der Waals surface area contributed by atoms with Crippen LogP contribution >= 0.6 is 0 Å². The first-order chi connectivity index (χ1) is 12.5. The molecule has 26 heavy (non-hydrogen) atoms. The molecule has 1 unspecified atom stereocenters. The zero-order valence-corrected chi connectivity index (χ0v) is 15.6. The lowest BCUT2D eigenvalue weighted by Gasteiger charge is -2.21. The van der Waals surface area contributed by atoms with E-state index in [9.17, 15) is 9.90 Å². The van der Waals surface area contributed by atoms with Crippen LogP contribution in [0.25, 0.3) is 0 Å². The van der Waals surface area contributed by atoms with Crippen molar-refractivity contribution in [2.24, 2.45) is 0 Å². The van der Waals surface area contributed by atoms with Crippen molar-refractivity contribution in [3.05, 3.63) is 59.7 Å². The van der Waals surface area contributed by atoms with Crippen molar-refractivity contribution in [1.29, 1.82) is 0 Å². The monoisotopic (exact) mass is 357 g/mol. The van der Waals surface area contributed by atoms with Gasteiger partial charge in [0.15, 0.2) is 5.78 Å². The molecule has 0 aliphatic carbocycles. The van der Waals surface area contributed by atoms with Crippen molar-refractivity contribution in [1.82, 2.24) is 4.90 Å². The molecule has 0 amide bonds. The van der Waals surface area contributed by atoms with E-state index in [-0.39, 0.29) is 12.4 Å². The van der Waals surface area contributed by atoms with Gasteiger partial charge in [-0.15, -0.1) is 0 Å². The van der Waals surface area contributed by atoms with E-state index in [4.69, 9.17) is 9.47 Å². The van der Waals surface area contributed by atoms with E-state index in [0.29, 0.717) is 24.5 Å². The standard InChI is InChI=1S/C21H27NO4/c1-4-25-20-10-8-17(9-11-20)13-22(3)14-19(24)15-26-21-7-5-6-18(12-21)16(2)23/h5-12,19,24H,4,13-15H2,1-3H3. The summed E-state index contributed by atoms with van der Waals surface area (Å²) in [5.74, 6) is 1.44. The number of ketones is 1. The highest BCUT2D eigenvalue weighted by molar-refractivity contribution is 5.94. The second-order valence-corrected chi connectivity index (χ2v) is 6.32. The molecule has 5 nitrogen and oxygen atoms in total. The van der Waals surface area contributed by atoms with Crippen LogP contribution in [-0.4, -0.2) is 48.7 Å². The number of carbonyl (C=O) groups is 1. The third kappa shape index (κ3) is 6.50. The molecule has 0 aliphatic heterocycles. The van der Waals surface area contributed by atoms with Crippen LogP contribution < -0.4 is 9.47 Å². The largest absolute Gasteiger partial charge is 0.494 e. The first-order valence-electron chi connectivity index (χ1n) is 8.80. The predicted molar refractivity (Wildman–Crippen MR) is 102 cm³/mol. The maximum atomic E-state index is 11.4. The van der Waals surface area contributed by atoms with Gasteiger partial charge in [0, 0.05) is 18.7 Å². The Morgan fingerprint density at radius 2 is 1.85 bits per heavy atom. The number of carbonyl (C=O) groups excluding carboxylic acids is 1. The quantitative estimate of drug-likeness (QED) is 0.662. The van der Waals surface area contributed by atoms with Gasteiger partial charge in [0.25, 0.3) is 0 Å². The third-order valence-electron chi connectivity index (χ3n) is 3.89. The summed E-state index contributed by atoms with van der Waals surface area (Å²) in [5, 5.41) is 10.2. The number of ether oxygens (including phenoxy) is 2. The van der Waals surface area contributed by atoms with Gasteiger partial charge < -0.3 is 14.6 Å². The zero-order chi connectivity index (χ0) is 18.9. The van der Waals surface area contributed by atoms with Crippen molar-refractivity contribution in [2.75, 3.05) is 26.8 Å². The van der Waals surface area contributed by atoms with Crippen LogP contribution in [0.15, 0.2) is 48.5 Å². The number of likely N-dealkylation sites (N-methyl/N-ethyl adjacent to an activating group) is 1. The lowest BCUT2D eigenvalue weighted by atomic mass is 10.1. The first kappa shape index (κ1) is 19.9. The summed E-state index contributed by atoms with van der Waals surface area (Å²) in [6.07, 6.45) is -0.622. The molecule has 2 aromatic carbocycles. The fourth-order valence-corrected chi connectivity index (χ4v) is 2.64. The maximum absolute atomic E-state index is 11.4. The number of aliphatic hydroxyl groups excluding tert-OH is 1. The Bertz CT molecular complexity index is 699. The van der Waals surface area contributed by atoms with Gasteiger partial charge in [-0.25, -0.2) is 0 Å². The molecule has 0 radical (unpaired) electrons. The van der Waals surface area contributed by atoms with Gasteiger partial charge in [-0.1, -0.05) is 24.3 Å². The minimum atomic E-state index is -0.622. The second-order valence-electron chi connectivity index (χ2n) is 6.32. The molecule has 140 valence electrons. The summed E-state index contributed by atoms with van der Waals surface area (Å²) < 4.78 is 11.0. The van der Waals surface area contributed by atoms with E-state index < -0.39 is 6.10 Å². The molecule has 0 heterocycles. The van der Waals surface area contributed by atoms with Crippen LogP contribution in [0.4, 0.5) is 0 Å². The number of nitrogens with zero attached hydrogens (tertiary/aromatic N) is 1. The van der Waals surface area contributed by atoms with Crippen LogP contribution in [0.3, 0.4) is 0 Å². The van der Waals surface area contributed by atoms with E-state index >= 15 is 0 Å². The van der Waals surface area contributed by atoms with Crippen molar-refractivity contribution in [2.45, 2.75) is 26.5 Å². The lowest BCUT2D eigenvalue weighted by molar-refractivity contribution is 0.0743. The number of Topliss-reactive ketones (excluding diaryl/α,β-unsaturated/α-hetero) is 1. The highest BCUT2D eigenvalue weighted by Gasteiger charge is 2.10. The average molecular weight is 357 g/mol. The van der Waals surface area contributed by atoms with E-state index in [1.54, 1.807) is 24.3 Å². The topological polar surface area (TPSA) is 59.0 Å². The summed E-state index contributed by atoms with van der Waals surface area (Å²) >= 11 is 0. The fraction of sp³-hybridized carbons (Fsp3) is 0.381. The zero-order valence-electron chi connectivity index (χ0n) is 15.6. The van der Waals surface area contributed by atoms with Crippen molar-refractivity contribution in [3.63, 3.8) is 0 Å². The molecule has 0 saturated heterocycles. The van der Waals surface area contributed by atoms with Gasteiger partial charge in [0.05, 0.1) is 6.61 Å². The molecule has 0 aromatic heterocycles. The van der Waals surface area contributed by atoms with E-state index in [0.717, 1.165) is 17.9 Å². The molecule has 0 fully saturated rings. The average Bonchev–Trinajstić information content (AvgIpc) is 2.62. The summed E-state index contributed by atoms with van der Waals surface area (Å²) in [4.78, 5) is 13.4. The van der Waals surface area contributed by atoms with Gasteiger partial charge >= 0.3 is 0 Å². The molecule has 0 aliphatic rings. The van der Waals surface area contributed by atoms with Gasteiger partial charge in [-0.05, 0) is 50.7 Å². The molecule has 0 saturated carbocycles. The van der Waals surface area contributed by atoms with Gasteiger partial charge in [-0.3, -0.25) is 9.69 Å². The van der Waals surface area contributed by atoms with Crippen LogP contribution in [0.1, 0.15) is 29.8 Å². The molecule has 2 rings (SSSR count). The lowest BCUT2D eigenvalue weighted by Crippen LogP contribution is -2.32. The molecule has 0 spiro atoms. The number of hydrogen-bond donors (Lipinski definition) is 1. The molecule has 0 bridgehead atoms. The first-order valence-corrected chi connectivity index (χ1v) is 8.80. The maximum Gasteiger partial charge on any atom is 0.159 e. The SMILES string of the molecule is CCOc1ccc(CN(C)CC(O)COc2cccc(C(C)=O)c2)cc1. The second kappa shape index (κ2) is 9.94. The minimum Gasteiger partial charge on any atom is -0.494 e. The highest BCUT2D eigenvalue weighted by atomic mass is 16.5. The number of hydrogen-bond acceptors (Lipinski definition) is 5. The Morgan fingerprint density at radius 3 is 2.50 bits per heavy atom. The van der Waals surface area contributed by atoms with Crippen LogP contribution in [0.5, 0.6) is 11.5 Å². The van der Waals surface area contributed by atoms with Crippen LogP contribution in [-0.2, 0) is 6.54 Å². The molecule has 1 N–H and O–H groups in total. The Hall–Kier alpha value is -2.37. The van der Waals surface area contributed by atoms with E-state index in [1.165, 1.54) is 6.92 Å². The van der Waals surface area contributed by atoms with Crippen molar-refractivity contribution >= 4 is 5.78 Å². The van der Waals surface area contributed by atoms with Crippen molar-refractivity contribution < 1.29 is 19.4 Å². The minimum absolute atomic E-state index is 0.00825. The normalized spacial score (nSPS) is 12.0. The Labute approximate surface area is 155 Å². The summed E-state index contributed by atoms with van der Waals surface area (Å²) in [6, 6.07) is 15.0. The molecule has 5 heteroatoms. The number of rotatable bonds is 10. The van der Waals surface area contributed by atoms with Crippen LogP contribution in [0, 0.1) is 0 Å². The van der Waals surface area contributed by atoms with E-state index in [1.807, 2.05) is 43.1 Å². The highest BCUT2D eigenvalue weighted by Crippen LogP contribution is 2.15. The number of benzene rings is 2.